The Kier molecular flexibility index (Phi) is 3.44. The number of benzene rings is 1. The second-order valence-corrected chi connectivity index (χ2v) is 5.49. The molecule has 1 saturated heterocycles. The first-order valence-electron chi connectivity index (χ1n) is 7.04. The van der Waals surface area contributed by atoms with Gasteiger partial charge in [-0.05, 0) is 50.0 Å². The van der Waals surface area contributed by atoms with Crippen LogP contribution < -0.4 is 5.32 Å². The third-order valence-electron chi connectivity index (χ3n) is 4.15. The molecule has 1 fully saturated rings. The van der Waals surface area contributed by atoms with Crippen LogP contribution in [0, 0.1) is 5.92 Å². The molecule has 2 N–H and O–H groups in total. The number of carbonyl (C=O) groups is 1. The number of aryl methyl sites for hydroxylation is 1. The quantitative estimate of drug-likeness (QED) is 0.895. The maximum atomic E-state index is 11.0. The lowest BCUT2D eigenvalue weighted by atomic mass is 9.94. The third-order valence-corrected chi connectivity index (χ3v) is 4.15. The van der Waals surface area contributed by atoms with Gasteiger partial charge in [0.15, 0.2) is 0 Å². The molecule has 5 nitrogen and oxygen atoms in total. The Morgan fingerprint density at radius 2 is 2.20 bits per heavy atom. The van der Waals surface area contributed by atoms with Gasteiger partial charge in [-0.3, -0.25) is 0 Å². The molecule has 0 atom stereocenters. The summed E-state index contributed by atoms with van der Waals surface area (Å²) in [4.78, 5) is 15.7. The number of rotatable bonds is 3. The standard InChI is InChI=1S/C15H19N3O2/c1-18-13-9-11(15(19)20)2-3-12(13)17-14(18)8-10-4-6-16-7-5-10/h2-3,9-10,16H,4-8H2,1H3,(H,19,20). The minimum Gasteiger partial charge on any atom is -0.478 e. The summed E-state index contributed by atoms with van der Waals surface area (Å²) in [5.41, 5.74) is 2.09. The van der Waals surface area contributed by atoms with Gasteiger partial charge in [0.25, 0.3) is 0 Å². The van der Waals surface area contributed by atoms with Gasteiger partial charge >= 0.3 is 5.97 Å². The monoisotopic (exact) mass is 273 g/mol. The molecule has 2 heterocycles. The number of nitrogens with zero attached hydrogens (tertiary/aromatic N) is 2. The molecule has 106 valence electrons. The molecule has 0 saturated carbocycles. The molecule has 1 aliphatic heterocycles. The molecule has 20 heavy (non-hydrogen) atoms. The van der Waals surface area contributed by atoms with E-state index in [1.54, 1.807) is 18.2 Å². The largest absolute Gasteiger partial charge is 0.478 e. The summed E-state index contributed by atoms with van der Waals surface area (Å²) in [5, 5.41) is 12.4. The summed E-state index contributed by atoms with van der Waals surface area (Å²) < 4.78 is 2.03. The molecular weight excluding hydrogens is 254 g/mol. The second kappa shape index (κ2) is 5.25. The number of aromatic nitrogens is 2. The van der Waals surface area contributed by atoms with Crippen molar-refractivity contribution in [3.05, 3.63) is 29.6 Å². The predicted octanol–water partition coefficient (Wildman–Crippen LogP) is 1.81. The Bertz CT molecular complexity index is 642. The van der Waals surface area contributed by atoms with Crippen LogP contribution in [0.25, 0.3) is 11.0 Å². The van der Waals surface area contributed by atoms with Crippen molar-refractivity contribution in [2.75, 3.05) is 13.1 Å². The van der Waals surface area contributed by atoms with E-state index in [1.807, 2.05) is 11.6 Å². The molecule has 0 spiro atoms. The molecule has 0 radical (unpaired) electrons. The third kappa shape index (κ3) is 2.41. The van der Waals surface area contributed by atoms with Crippen LogP contribution in [0.4, 0.5) is 0 Å². The molecule has 0 aliphatic carbocycles. The Hall–Kier alpha value is -1.88. The number of carboxylic acid groups (broad SMARTS) is 1. The predicted molar refractivity (Wildman–Crippen MR) is 77.0 cm³/mol. The van der Waals surface area contributed by atoms with Crippen molar-refractivity contribution in [3.63, 3.8) is 0 Å². The van der Waals surface area contributed by atoms with Crippen LogP contribution in [0.5, 0.6) is 0 Å². The Morgan fingerprint density at radius 1 is 1.45 bits per heavy atom. The SMILES string of the molecule is Cn1c(CC2CCNCC2)nc2ccc(C(=O)O)cc21. The minimum atomic E-state index is -0.895. The van der Waals surface area contributed by atoms with Gasteiger partial charge in [0.2, 0.25) is 0 Å². The topological polar surface area (TPSA) is 67.2 Å². The van der Waals surface area contributed by atoms with Crippen LogP contribution in [0.15, 0.2) is 18.2 Å². The lowest BCUT2D eigenvalue weighted by Gasteiger charge is -2.22. The highest BCUT2D eigenvalue weighted by atomic mass is 16.4. The van der Waals surface area contributed by atoms with E-state index >= 15 is 0 Å². The summed E-state index contributed by atoms with van der Waals surface area (Å²) in [6, 6.07) is 5.12. The van der Waals surface area contributed by atoms with E-state index in [0.717, 1.165) is 36.4 Å². The van der Waals surface area contributed by atoms with E-state index in [2.05, 4.69) is 10.3 Å². The van der Waals surface area contributed by atoms with Crippen LogP contribution in [0.1, 0.15) is 29.0 Å². The zero-order valence-electron chi connectivity index (χ0n) is 11.6. The zero-order chi connectivity index (χ0) is 14.1. The van der Waals surface area contributed by atoms with Crippen molar-refractivity contribution in [3.8, 4) is 0 Å². The summed E-state index contributed by atoms with van der Waals surface area (Å²) in [7, 11) is 1.97. The summed E-state index contributed by atoms with van der Waals surface area (Å²) in [5.74, 6) is 0.827. The molecule has 0 unspecified atom stereocenters. The van der Waals surface area contributed by atoms with Gasteiger partial charge in [-0.2, -0.15) is 0 Å². The van der Waals surface area contributed by atoms with E-state index in [4.69, 9.17) is 5.11 Å². The molecule has 1 aromatic heterocycles. The first-order chi connectivity index (χ1) is 9.65. The number of nitrogens with one attached hydrogen (secondary N) is 1. The molecule has 0 amide bonds. The van der Waals surface area contributed by atoms with Crippen LogP contribution >= 0.6 is 0 Å². The lowest BCUT2D eigenvalue weighted by molar-refractivity contribution is 0.0697. The Morgan fingerprint density at radius 3 is 2.90 bits per heavy atom. The van der Waals surface area contributed by atoms with Crippen molar-refractivity contribution in [1.82, 2.24) is 14.9 Å². The maximum Gasteiger partial charge on any atom is 0.335 e. The number of aromatic carboxylic acids is 1. The zero-order valence-corrected chi connectivity index (χ0v) is 11.6. The first-order valence-corrected chi connectivity index (χ1v) is 7.04. The summed E-state index contributed by atoms with van der Waals surface area (Å²) in [6.45, 7) is 2.16. The van der Waals surface area contributed by atoms with E-state index in [-0.39, 0.29) is 0 Å². The van der Waals surface area contributed by atoms with Gasteiger partial charge < -0.3 is 15.0 Å². The lowest BCUT2D eigenvalue weighted by Crippen LogP contribution is -2.29. The smallest absolute Gasteiger partial charge is 0.335 e. The normalized spacial score (nSPS) is 16.6. The molecular formula is C15H19N3O2. The van der Waals surface area contributed by atoms with Crippen LogP contribution in [0.2, 0.25) is 0 Å². The number of carboxylic acids is 1. The van der Waals surface area contributed by atoms with Crippen LogP contribution in [0.3, 0.4) is 0 Å². The van der Waals surface area contributed by atoms with Gasteiger partial charge in [0.05, 0.1) is 16.6 Å². The van der Waals surface area contributed by atoms with E-state index in [0.29, 0.717) is 11.5 Å². The maximum absolute atomic E-state index is 11.0. The van der Waals surface area contributed by atoms with E-state index < -0.39 is 5.97 Å². The fraction of sp³-hybridized carbons (Fsp3) is 0.467. The van der Waals surface area contributed by atoms with Crippen molar-refractivity contribution in [2.24, 2.45) is 13.0 Å². The van der Waals surface area contributed by atoms with Crippen LogP contribution in [-0.2, 0) is 13.5 Å². The number of hydrogen-bond acceptors (Lipinski definition) is 3. The highest BCUT2D eigenvalue weighted by molar-refractivity contribution is 5.92. The first kappa shape index (κ1) is 13.1. The minimum absolute atomic E-state index is 0.314. The van der Waals surface area contributed by atoms with Gasteiger partial charge in [-0.1, -0.05) is 0 Å². The molecule has 1 aliphatic rings. The number of piperidine rings is 1. The molecule has 0 bridgehead atoms. The molecule has 5 heteroatoms. The molecule has 3 rings (SSSR count). The van der Waals surface area contributed by atoms with Gasteiger partial charge in [-0.15, -0.1) is 0 Å². The van der Waals surface area contributed by atoms with Crippen molar-refractivity contribution >= 4 is 17.0 Å². The number of fused-ring (bicyclic) bond motifs is 1. The highest BCUT2D eigenvalue weighted by Gasteiger charge is 2.17. The summed E-state index contributed by atoms with van der Waals surface area (Å²) in [6.07, 6.45) is 3.34. The van der Waals surface area contributed by atoms with E-state index in [1.165, 1.54) is 12.8 Å². The Labute approximate surface area is 117 Å². The van der Waals surface area contributed by atoms with Crippen molar-refractivity contribution < 1.29 is 9.90 Å². The fourth-order valence-electron chi connectivity index (χ4n) is 2.90. The van der Waals surface area contributed by atoms with E-state index in [9.17, 15) is 4.79 Å². The van der Waals surface area contributed by atoms with Gasteiger partial charge in [0, 0.05) is 13.5 Å². The number of hydrogen-bond donors (Lipinski definition) is 2. The average molecular weight is 273 g/mol. The van der Waals surface area contributed by atoms with Crippen LogP contribution in [-0.4, -0.2) is 33.7 Å². The average Bonchev–Trinajstić information content (AvgIpc) is 2.76. The molecule has 1 aromatic carbocycles. The fourth-order valence-corrected chi connectivity index (χ4v) is 2.90. The van der Waals surface area contributed by atoms with Crippen molar-refractivity contribution in [1.29, 1.82) is 0 Å². The van der Waals surface area contributed by atoms with Gasteiger partial charge in [-0.25, -0.2) is 9.78 Å². The van der Waals surface area contributed by atoms with Gasteiger partial charge in [0.1, 0.15) is 5.82 Å². The highest BCUT2D eigenvalue weighted by Crippen LogP contribution is 2.22. The van der Waals surface area contributed by atoms with Crippen molar-refractivity contribution in [2.45, 2.75) is 19.3 Å². The summed E-state index contributed by atoms with van der Waals surface area (Å²) >= 11 is 0. The second-order valence-electron chi connectivity index (χ2n) is 5.49. The molecule has 2 aromatic rings. The number of imidazole rings is 1. The Balaban J connectivity index is 1.91.